The highest BCUT2D eigenvalue weighted by molar-refractivity contribution is 7.99. The lowest BCUT2D eigenvalue weighted by atomic mass is 10.1. The number of benzene rings is 1. The topological polar surface area (TPSA) is 43.8 Å². The minimum Gasteiger partial charge on any atom is -0.329 e. The van der Waals surface area contributed by atoms with Crippen LogP contribution in [0.5, 0.6) is 0 Å². The summed E-state index contributed by atoms with van der Waals surface area (Å²) < 4.78 is 40.0. The first kappa shape index (κ1) is 14.0. The Bertz CT molecular complexity index is 578. The molecule has 1 heterocycles. The van der Waals surface area contributed by atoms with Crippen LogP contribution in [0.25, 0.3) is 0 Å². The molecule has 0 saturated heterocycles. The van der Waals surface area contributed by atoms with E-state index in [4.69, 9.17) is 5.73 Å². The van der Waals surface area contributed by atoms with Crippen LogP contribution in [-0.2, 0) is 19.8 Å². The Morgan fingerprint density at radius 3 is 2.63 bits per heavy atom. The lowest BCUT2D eigenvalue weighted by Crippen LogP contribution is -2.11. The molecule has 0 fully saturated rings. The van der Waals surface area contributed by atoms with Gasteiger partial charge in [0.05, 0.1) is 5.56 Å². The van der Waals surface area contributed by atoms with Crippen molar-refractivity contribution in [3.63, 3.8) is 0 Å². The van der Waals surface area contributed by atoms with Crippen molar-refractivity contribution in [1.29, 1.82) is 0 Å². The van der Waals surface area contributed by atoms with E-state index in [1.54, 1.807) is 17.0 Å². The average Bonchev–Trinajstić information content (AvgIpc) is 2.73. The van der Waals surface area contributed by atoms with E-state index in [0.717, 1.165) is 6.07 Å². The molecule has 2 N–H and O–H groups in total. The fourth-order valence-corrected chi connectivity index (χ4v) is 2.50. The van der Waals surface area contributed by atoms with Crippen LogP contribution in [0.15, 0.2) is 40.6 Å². The molecule has 1 aromatic heterocycles. The summed E-state index contributed by atoms with van der Waals surface area (Å²) in [6.45, 7) is -0.149. The van der Waals surface area contributed by atoms with Gasteiger partial charge < -0.3 is 10.3 Å². The predicted octanol–water partition coefficient (Wildman–Crippen LogP) is 3.05. The number of alkyl halides is 3. The molecule has 0 unspecified atom stereocenters. The van der Waals surface area contributed by atoms with Gasteiger partial charge in [0.25, 0.3) is 0 Å². The standard InChI is InChI=1S/C12H12F3N3S/c1-18-5-4-17-11(18)19-9-2-3-10(12(13,14)15)8(6-9)7-16/h2-6H,7,16H2,1H3. The Morgan fingerprint density at radius 1 is 1.37 bits per heavy atom. The van der Waals surface area contributed by atoms with E-state index in [9.17, 15) is 13.2 Å². The molecule has 2 aromatic rings. The predicted molar refractivity (Wildman–Crippen MR) is 66.7 cm³/mol. The van der Waals surface area contributed by atoms with Gasteiger partial charge in [-0.2, -0.15) is 13.2 Å². The summed E-state index contributed by atoms with van der Waals surface area (Å²) >= 11 is 1.30. The lowest BCUT2D eigenvalue weighted by Gasteiger charge is -2.12. The van der Waals surface area contributed by atoms with Gasteiger partial charge in [-0.1, -0.05) is 11.8 Å². The molecule has 0 atom stereocenters. The average molecular weight is 287 g/mol. The fraction of sp³-hybridized carbons (Fsp3) is 0.250. The number of imidazole rings is 1. The van der Waals surface area contributed by atoms with Crippen LogP contribution in [0, 0.1) is 0 Å². The first-order valence-electron chi connectivity index (χ1n) is 5.47. The van der Waals surface area contributed by atoms with Crippen LogP contribution in [0.2, 0.25) is 0 Å². The summed E-state index contributed by atoms with van der Waals surface area (Å²) in [6.07, 6.45) is -0.965. The van der Waals surface area contributed by atoms with Gasteiger partial charge in [-0.25, -0.2) is 4.98 Å². The van der Waals surface area contributed by atoms with Crippen molar-refractivity contribution in [1.82, 2.24) is 9.55 Å². The molecule has 0 aliphatic rings. The number of aryl methyl sites for hydroxylation is 1. The normalized spacial score (nSPS) is 11.8. The molecule has 3 nitrogen and oxygen atoms in total. The highest BCUT2D eigenvalue weighted by atomic mass is 32.2. The van der Waals surface area contributed by atoms with Crippen LogP contribution in [0.4, 0.5) is 13.2 Å². The number of hydrogen-bond donors (Lipinski definition) is 1. The maximum Gasteiger partial charge on any atom is 0.416 e. The number of nitrogens with two attached hydrogens (primary N) is 1. The van der Waals surface area contributed by atoms with Gasteiger partial charge >= 0.3 is 6.18 Å². The highest BCUT2D eigenvalue weighted by Gasteiger charge is 2.32. The Balaban J connectivity index is 2.32. The second kappa shape index (κ2) is 5.26. The van der Waals surface area contributed by atoms with E-state index in [1.165, 1.54) is 23.9 Å². The first-order chi connectivity index (χ1) is 8.91. The number of halogens is 3. The van der Waals surface area contributed by atoms with Crippen molar-refractivity contribution in [3.05, 3.63) is 41.7 Å². The summed E-state index contributed by atoms with van der Waals surface area (Å²) in [5.74, 6) is 0. The quantitative estimate of drug-likeness (QED) is 0.943. The minimum atomic E-state index is -4.37. The van der Waals surface area contributed by atoms with Gasteiger partial charge in [-0.05, 0) is 23.8 Å². The molecule has 7 heteroatoms. The van der Waals surface area contributed by atoms with Crippen molar-refractivity contribution in [2.24, 2.45) is 12.8 Å². The molecular formula is C12H12F3N3S. The Labute approximate surface area is 112 Å². The molecule has 19 heavy (non-hydrogen) atoms. The molecule has 0 amide bonds. The SMILES string of the molecule is Cn1ccnc1Sc1ccc(C(F)(F)F)c(CN)c1. The summed E-state index contributed by atoms with van der Waals surface area (Å²) in [4.78, 5) is 4.79. The van der Waals surface area contributed by atoms with E-state index < -0.39 is 11.7 Å². The van der Waals surface area contributed by atoms with Crippen molar-refractivity contribution in [3.8, 4) is 0 Å². The maximum absolute atomic E-state index is 12.7. The summed E-state index contributed by atoms with van der Waals surface area (Å²) in [6, 6.07) is 3.96. The molecule has 0 radical (unpaired) electrons. The van der Waals surface area contributed by atoms with Crippen LogP contribution in [0.3, 0.4) is 0 Å². The molecule has 0 bridgehead atoms. The van der Waals surface area contributed by atoms with Crippen molar-refractivity contribution in [2.75, 3.05) is 0 Å². The second-order valence-electron chi connectivity index (χ2n) is 3.94. The van der Waals surface area contributed by atoms with Crippen molar-refractivity contribution in [2.45, 2.75) is 22.8 Å². The number of rotatable bonds is 3. The van der Waals surface area contributed by atoms with E-state index >= 15 is 0 Å². The van der Waals surface area contributed by atoms with E-state index in [2.05, 4.69) is 4.98 Å². The van der Waals surface area contributed by atoms with Gasteiger partial charge in [-0.3, -0.25) is 0 Å². The molecule has 2 rings (SSSR count). The third kappa shape index (κ3) is 3.10. The third-order valence-electron chi connectivity index (χ3n) is 2.59. The van der Waals surface area contributed by atoms with Crippen molar-refractivity contribution >= 4 is 11.8 Å². The minimum absolute atomic E-state index is 0.0895. The lowest BCUT2D eigenvalue weighted by molar-refractivity contribution is -0.138. The Kier molecular flexibility index (Phi) is 3.86. The number of hydrogen-bond acceptors (Lipinski definition) is 3. The number of aromatic nitrogens is 2. The zero-order valence-corrected chi connectivity index (χ0v) is 10.9. The smallest absolute Gasteiger partial charge is 0.329 e. The zero-order valence-electron chi connectivity index (χ0n) is 10.1. The van der Waals surface area contributed by atoms with E-state index in [-0.39, 0.29) is 12.1 Å². The Hall–Kier alpha value is -1.47. The molecule has 0 aliphatic heterocycles. The van der Waals surface area contributed by atoms with Gasteiger partial charge in [0, 0.05) is 30.9 Å². The summed E-state index contributed by atoms with van der Waals surface area (Å²) in [5, 5.41) is 0.711. The fourth-order valence-electron chi connectivity index (χ4n) is 1.63. The largest absolute Gasteiger partial charge is 0.416 e. The maximum atomic E-state index is 12.7. The zero-order chi connectivity index (χ0) is 14.0. The van der Waals surface area contributed by atoms with E-state index in [1.807, 2.05) is 7.05 Å². The summed E-state index contributed by atoms with van der Waals surface area (Å²) in [7, 11) is 1.82. The van der Waals surface area contributed by atoms with Gasteiger partial charge in [0.1, 0.15) is 0 Å². The van der Waals surface area contributed by atoms with E-state index in [0.29, 0.717) is 10.1 Å². The molecule has 0 saturated carbocycles. The Morgan fingerprint density at radius 2 is 2.11 bits per heavy atom. The van der Waals surface area contributed by atoms with Gasteiger partial charge in [0.15, 0.2) is 5.16 Å². The van der Waals surface area contributed by atoms with Crippen LogP contribution in [0.1, 0.15) is 11.1 Å². The molecule has 0 aliphatic carbocycles. The van der Waals surface area contributed by atoms with Gasteiger partial charge in [0.2, 0.25) is 0 Å². The van der Waals surface area contributed by atoms with Crippen LogP contribution >= 0.6 is 11.8 Å². The molecule has 1 aromatic carbocycles. The van der Waals surface area contributed by atoms with Crippen LogP contribution < -0.4 is 5.73 Å². The second-order valence-corrected chi connectivity index (χ2v) is 4.98. The van der Waals surface area contributed by atoms with Crippen LogP contribution in [-0.4, -0.2) is 9.55 Å². The summed E-state index contributed by atoms with van der Waals surface area (Å²) in [5.41, 5.74) is 4.80. The van der Waals surface area contributed by atoms with Gasteiger partial charge in [-0.15, -0.1) is 0 Å². The third-order valence-corrected chi connectivity index (χ3v) is 3.65. The molecular weight excluding hydrogens is 275 g/mol. The first-order valence-corrected chi connectivity index (χ1v) is 6.29. The monoisotopic (exact) mass is 287 g/mol. The molecule has 102 valence electrons. The number of nitrogens with zero attached hydrogens (tertiary/aromatic N) is 2. The molecule has 0 spiro atoms. The highest BCUT2D eigenvalue weighted by Crippen LogP contribution is 2.35. The van der Waals surface area contributed by atoms with Crippen molar-refractivity contribution < 1.29 is 13.2 Å².